The largest absolute Gasteiger partial charge is 0.460 e. The van der Waals surface area contributed by atoms with E-state index in [1.165, 1.54) is 57.8 Å². The molecule has 1 atom stereocenters. The van der Waals surface area contributed by atoms with Crippen LogP contribution in [0.15, 0.2) is 0 Å². The van der Waals surface area contributed by atoms with Gasteiger partial charge in [-0.3, -0.25) is 9.59 Å². The summed E-state index contributed by atoms with van der Waals surface area (Å²) >= 11 is 0. The summed E-state index contributed by atoms with van der Waals surface area (Å²) in [5.74, 6) is -16.1. The van der Waals surface area contributed by atoms with Crippen LogP contribution in [0.1, 0.15) is 130 Å². The van der Waals surface area contributed by atoms with E-state index in [-0.39, 0.29) is 6.42 Å². The van der Waals surface area contributed by atoms with Crippen LogP contribution < -0.4 is 4.74 Å². The lowest BCUT2D eigenvalue weighted by molar-refractivity contribution is -0.159. The van der Waals surface area contributed by atoms with Gasteiger partial charge in [-0.2, -0.15) is 8.78 Å². The smallest absolute Gasteiger partial charge is 0.315 e. The molecular formula is C30H45F5O4. The minimum Gasteiger partial charge on any atom is -0.460 e. The molecule has 0 aliphatic carbocycles. The summed E-state index contributed by atoms with van der Waals surface area (Å²) in [6, 6.07) is 0. The van der Waals surface area contributed by atoms with Crippen LogP contribution in [0, 0.1) is 35.0 Å². The third kappa shape index (κ3) is 13.6. The van der Waals surface area contributed by atoms with Gasteiger partial charge in [0.05, 0.1) is 12.3 Å². The van der Waals surface area contributed by atoms with Crippen molar-refractivity contribution in [2.45, 2.75) is 136 Å². The zero-order valence-electron chi connectivity index (χ0n) is 23.9. The lowest BCUT2D eigenvalue weighted by atomic mass is 9.96. The Kier molecular flexibility index (Phi) is 16.3. The quantitative estimate of drug-likeness (QED) is 0.0419. The van der Waals surface area contributed by atoms with Gasteiger partial charge in [-0.15, -0.1) is 0 Å². The van der Waals surface area contributed by atoms with E-state index in [0.29, 0.717) is 6.42 Å². The summed E-state index contributed by atoms with van der Waals surface area (Å²) in [5.41, 5.74) is -0.831. The highest BCUT2D eigenvalue weighted by Gasteiger charge is 2.32. The lowest BCUT2D eigenvalue weighted by Gasteiger charge is -2.22. The zero-order valence-corrected chi connectivity index (χ0v) is 23.9. The van der Waals surface area contributed by atoms with Crippen molar-refractivity contribution in [1.29, 1.82) is 0 Å². The minimum atomic E-state index is -2.35. The lowest BCUT2D eigenvalue weighted by Crippen LogP contribution is -2.29. The van der Waals surface area contributed by atoms with Crippen molar-refractivity contribution in [2.75, 3.05) is 0 Å². The molecule has 0 aromatic heterocycles. The molecule has 1 rings (SSSR count). The molecule has 224 valence electrons. The molecule has 0 spiro atoms. The number of benzene rings is 1. The van der Waals surface area contributed by atoms with Gasteiger partial charge in [0.15, 0.2) is 0 Å². The first-order valence-corrected chi connectivity index (χ1v) is 14.3. The Morgan fingerprint density at radius 3 is 1.44 bits per heavy atom. The van der Waals surface area contributed by atoms with Crippen molar-refractivity contribution in [1.82, 2.24) is 0 Å². The molecule has 1 aromatic carbocycles. The SMILES string of the molecule is CCCCCCCCCCCCCCCC[C@H](CC(=O)OC(C)(C)C)C(=O)Oc1c(F)c(F)c(F)c(F)c1F. The number of hydrogen-bond acceptors (Lipinski definition) is 4. The molecule has 0 fully saturated rings. The van der Waals surface area contributed by atoms with E-state index in [4.69, 9.17) is 4.74 Å². The number of halogens is 5. The van der Waals surface area contributed by atoms with Crippen LogP contribution in [-0.2, 0) is 14.3 Å². The molecule has 1 aromatic rings. The second-order valence-corrected chi connectivity index (χ2v) is 11.2. The van der Waals surface area contributed by atoms with Crippen LogP contribution in [0.25, 0.3) is 0 Å². The Balaban J connectivity index is 2.55. The van der Waals surface area contributed by atoms with Crippen molar-refractivity contribution >= 4 is 11.9 Å². The fourth-order valence-electron chi connectivity index (χ4n) is 4.33. The summed E-state index contributed by atoms with van der Waals surface area (Å²) in [6.45, 7) is 7.13. The molecule has 39 heavy (non-hydrogen) atoms. The highest BCUT2D eigenvalue weighted by molar-refractivity contribution is 5.81. The number of esters is 2. The number of ether oxygens (including phenoxy) is 2. The first kappa shape index (κ1) is 34.8. The van der Waals surface area contributed by atoms with Crippen LogP contribution in [0.3, 0.4) is 0 Å². The Labute approximate surface area is 230 Å². The number of carbonyl (C=O) groups is 2. The maximum atomic E-state index is 14.0. The van der Waals surface area contributed by atoms with Gasteiger partial charge in [0.25, 0.3) is 0 Å². The highest BCUT2D eigenvalue weighted by Crippen LogP contribution is 2.31. The van der Waals surface area contributed by atoms with Gasteiger partial charge in [0.1, 0.15) is 5.60 Å². The van der Waals surface area contributed by atoms with Crippen molar-refractivity contribution in [2.24, 2.45) is 5.92 Å². The second kappa shape index (κ2) is 18.2. The molecule has 0 heterocycles. The number of rotatable bonds is 19. The molecule has 0 N–H and O–H groups in total. The summed E-state index contributed by atoms with van der Waals surface area (Å²) in [5, 5.41) is 0. The molecule has 0 amide bonds. The van der Waals surface area contributed by atoms with Crippen molar-refractivity contribution < 1.29 is 41.0 Å². The predicted molar refractivity (Wildman–Crippen MR) is 141 cm³/mol. The topological polar surface area (TPSA) is 52.6 Å². The summed E-state index contributed by atoms with van der Waals surface area (Å²) in [7, 11) is 0. The van der Waals surface area contributed by atoms with E-state index >= 15 is 0 Å². The molecule has 0 bridgehead atoms. The van der Waals surface area contributed by atoms with E-state index in [1.807, 2.05) is 0 Å². The molecule has 0 aliphatic heterocycles. The monoisotopic (exact) mass is 564 g/mol. The first-order chi connectivity index (χ1) is 18.4. The third-order valence-electron chi connectivity index (χ3n) is 6.44. The minimum absolute atomic E-state index is 0.144. The molecule has 0 radical (unpaired) electrons. The van der Waals surface area contributed by atoms with Gasteiger partial charge >= 0.3 is 11.9 Å². The molecule has 9 heteroatoms. The summed E-state index contributed by atoms with van der Waals surface area (Å²) in [4.78, 5) is 25.0. The fourth-order valence-corrected chi connectivity index (χ4v) is 4.33. The van der Waals surface area contributed by atoms with Gasteiger partial charge in [0, 0.05) is 0 Å². The second-order valence-electron chi connectivity index (χ2n) is 11.2. The van der Waals surface area contributed by atoms with Crippen molar-refractivity contribution in [3.05, 3.63) is 29.1 Å². The average Bonchev–Trinajstić information content (AvgIpc) is 2.87. The first-order valence-electron chi connectivity index (χ1n) is 14.3. The van der Waals surface area contributed by atoms with Gasteiger partial charge in [-0.1, -0.05) is 96.8 Å². The molecule has 0 unspecified atom stereocenters. The molecule has 4 nitrogen and oxygen atoms in total. The summed E-state index contributed by atoms with van der Waals surface area (Å²) < 4.78 is 78.2. The Bertz CT molecular complexity index is 869. The van der Waals surface area contributed by atoms with Crippen LogP contribution in [0.4, 0.5) is 22.0 Å². The summed E-state index contributed by atoms with van der Waals surface area (Å²) in [6.07, 6.45) is 15.5. The van der Waals surface area contributed by atoms with Crippen molar-refractivity contribution in [3.8, 4) is 5.75 Å². The molecule has 0 saturated carbocycles. The van der Waals surface area contributed by atoms with Gasteiger partial charge in [0.2, 0.25) is 34.8 Å². The van der Waals surface area contributed by atoms with Crippen LogP contribution in [-0.4, -0.2) is 17.5 Å². The number of hydrogen-bond donors (Lipinski definition) is 0. The maximum Gasteiger partial charge on any atom is 0.315 e. The third-order valence-corrected chi connectivity index (χ3v) is 6.44. The van der Waals surface area contributed by atoms with E-state index in [2.05, 4.69) is 11.7 Å². The molecular weight excluding hydrogens is 519 g/mol. The maximum absolute atomic E-state index is 14.0. The number of unbranched alkanes of at least 4 members (excludes halogenated alkanes) is 13. The van der Waals surface area contributed by atoms with E-state index in [9.17, 15) is 31.5 Å². The van der Waals surface area contributed by atoms with E-state index in [1.54, 1.807) is 20.8 Å². The standard InChI is InChI=1S/C30H45F5O4/c1-5-6-7-8-9-10-11-12-13-14-15-16-17-18-19-21(20-22(36)39-30(2,3)4)29(37)38-28-26(34)24(32)23(31)25(33)27(28)35/h21H,5-20H2,1-4H3/t21-/m1/s1. The molecule has 0 saturated heterocycles. The Morgan fingerprint density at radius 2 is 1.03 bits per heavy atom. The average molecular weight is 565 g/mol. The molecule has 0 aliphatic rings. The van der Waals surface area contributed by atoms with Crippen LogP contribution in [0.2, 0.25) is 0 Å². The Hall–Kier alpha value is -2.19. The highest BCUT2D eigenvalue weighted by atomic mass is 19.2. The van der Waals surface area contributed by atoms with Gasteiger partial charge in [-0.25, -0.2) is 13.2 Å². The van der Waals surface area contributed by atoms with Gasteiger partial charge in [-0.05, 0) is 27.2 Å². The van der Waals surface area contributed by atoms with Crippen LogP contribution in [0.5, 0.6) is 5.75 Å². The van der Waals surface area contributed by atoms with Gasteiger partial charge < -0.3 is 9.47 Å². The van der Waals surface area contributed by atoms with E-state index in [0.717, 1.165) is 25.7 Å². The fraction of sp³-hybridized carbons (Fsp3) is 0.733. The van der Waals surface area contributed by atoms with Crippen molar-refractivity contribution in [3.63, 3.8) is 0 Å². The Morgan fingerprint density at radius 1 is 0.641 bits per heavy atom. The van der Waals surface area contributed by atoms with E-state index < -0.39 is 64.7 Å². The normalized spacial score (nSPS) is 12.4. The predicted octanol–water partition coefficient (Wildman–Crippen LogP) is 9.51. The zero-order chi connectivity index (χ0) is 29.4. The number of carbonyl (C=O) groups excluding carboxylic acids is 2. The van der Waals surface area contributed by atoms with Crippen LogP contribution >= 0.6 is 0 Å².